The van der Waals surface area contributed by atoms with E-state index in [1.165, 1.54) is 12.1 Å². The van der Waals surface area contributed by atoms with Crippen LogP contribution in [0.3, 0.4) is 0 Å². The third kappa shape index (κ3) is 2.09. The Morgan fingerprint density at radius 1 is 1.57 bits per heavy atom. The van der Waals surface area contributed by atoms with Crippen LogP contribution in [0.2, 0.25) is 0 Å². The molecule has 2 nitrogen and oxygen atoms in total. The van der Waals surface area contributed by atoms with Crippen molar-refractivity contribution in [3.63, 3.8) is 0 Å². The molecule has 0 saturated heterocycles. The monoisotopic (exact) mass is 192 g/mol. The Kier molecular flexibility index (Phi) is 2.87. The van der Waals surface area contributed by atoms with Gasteiger partial charge >= 0.3 is 0 Å². The second-order valence-corrected chi connectivity index (χ2v) is 3.71. The molecular formula is C11H13FN2. The molecule has 1 rings (SSSR count). The van der Waals surface area contributed by atoms with Crippen LogP contribution in [-0.2, 0) is 5.54 Å². The lowest BCUT2D eigenvalue weighted by Crippen LogP contribution is -2.33. The van der Waals surface area contributed by atoms with Crippen LogP contribution in [0.1, 0.15) is 24.5 Å². The molecule has 1 aromatic carbocycles. The van der Waals surface area contributed by atoms with Gasteiger partial charge in [-0.3, -0.25) is 0 Å². The largest absolute Gasteiger partial charge is 0.321 e. The quantitative estimate of drug-likeness (QED) is 0.781. The van der Waals surface area contributed by atoms with Gasteiger partial charge in [0.05, 0.1) is 18.0 Å². The second-order valence-electron chi connectivity index (χ2n) is 3.71. The zero-order chi connectivity index (χ0) is 10.8. The van der Waals surface area contributed by atoms with Crippen molar-refractivity contribution in [1.82, 2.24) is 0 Å². The number of nitriles is 1. The molecule has 0 aliphatic rings. The van der Waals surface area contributed by atoms with Crippen molar-refractivity contribution in [3.8, 4) is 6.07 Å². The van der Waals surface area contributed by atoms with Crippen molar-refractivity contribution >= 4 is 0 Å². The molecule has 0 aromatic heterocycles. The highest BCUT2D eigenvalue weighted by molar-refractivity contribution is 5.33. The first-order valence-electron chi connectivity index (χ1n) is 4.40. The van der Waals surface area contributed by atoms with Gasteiger partial charge in [0.15, 0.2) is 0 Å². The van der Waals surface area contributed by atoms with Crippen LogP contribution in [0, 0.1) is 24.1 Å². The predicted octanol–water partition coefficient (Wildman–Crippen LogP) is 2.22. The normalized spacial score (nSPS) is 14.5. The summed E-state index contributed by atoms with van der Waals surface area (Å²) in [5.41, 5.74) is 6.86. The van der Waals surface area contributed by atoms with E-state index in [0.717, 1.165) is 11.1 Å². The van der Waals surface area contributed by atoms with Gasteiger partial charge in [0.1, 0.15) is 5.82 Å². The minimum absolute atomic E-state index is 0.222. The van der Waals surface area contributed by atoms with E-state index in [1.54, 1.807) is 19.9 Å². The molecule has 0 saturated carbocycles. The number of benzene rings is 1. The van der Waals surface area contributed by atoms with Crippen LogP contribution < -0.4 is 5.73 Å². The van der Waals surface area contributed by atoms with Gasteiger partial charge in [0.2, 0.25) is 0 Å². The molecule has 0 aliphatic heterocycles. The van der Waals surface area contributed by atoms with Gasteiger partial charge in [-0.25, -0.2) is 4.39 Å². The molecule has 1 atom stereocenters. The fourth-order valence-electron chi connectivity index (χ4n) is 1.53. The number of hydrogen-bond donors (Lipinski definition) is 1. The van der Waals surface area contributed by atoms with E-state index in [2.05, 4.69) is 0 Å². The van der Waals surface area contributed by atoms with E-state index in [1.807, 2.05) is 6.07 Å². The van der Waals surface area contributed by atoms with Gasteiger partial charge in [0.25, 0.3) is 0 Å². The Balaban J connectivity index is 3.14. The summed E-state index contributed by atoms with van der Waals surface area (Å²) >= 11 is 0. The molecule has 0 heterocycles. The topological polar surface area (TPSA) is 49.8 Å². The molecule has 1 aromatic rings. The van der Waals surface area contributed by atoms with Crippen molar-refractivity contribution in [3.05, 3.63) is 35.1 Å². The maximum Gasteiger partial charge on any atom is 0.123 e. The van der Waals surface area contributed by atoms with Crippen molar-refractivity contribution in [2.45, 2.75) is 25.8 Å². The molecule has 0 aliphatic carbocycles. The van der Waals surface area contributed by atoms with Gasteiger partial charge in [-0.05, 0) is 37.1 Å². The summed E-state index contributed by atoms with van der Waals surface area (Å²) in [5.74, 6) is -0.279. The van der Waals surface area contributed by atoms with Crippen LogP contribution in [0.5, 0.6) is 0 Å². The van der Waals surface area contributed by atoms with E-state index >= 15 is 0 Å². The summed E-state index contributed by atoms with van der Waals surface area (Å²) in [6, 6.07) is 6.46. The van der Waals surface area contributed by atoms with Crippen LogP contribution in [0.4, 0.5) is 4.39 Å². The molecule has 3 heteroatoms. The molecule has 74 valence electrons. The number of halogens is 1. The van der Waals surface area contributed by atoms with Gasteiger partial charge in [-0.1, -0.05) is 6.07 Å². The number of nitrogens with zero attached hydrogens (tertiary/aromatic N) is 1. The van der Waals surface area contributed by atoms with Crippen LogP contribution >= 0.6 is 0 Å². The minimum Gasteiger partial charge on any atom is -0.321 e. The third-order valence-corrected chi connectivity index (χ3v) is 2.25. The fourth-order valence-corrected chi connectivity index (χ4v) is 1.53. The Bertz CT molecular complexity index is 377. The first-order chi connectivity index (χ1) is 6.47. The van der Waals surface area contributed by atoms with Crippen LogP contribution in [0.25, 0.3) is 0 Å². The molecule has 0 radical (unpaired) electrons. The summed E-state index contributed by atoms with van der Waals surface area (Å²) in [6.07, 6.45) is 0.222. The predicted molar refractivity (Wildman–Crippen MR) is 52.9 cm³/mol. The summed E-state index contributed by atoms with van der Waals surface area (Å²) < 4.78 is 12.8. The average molecular weight is 192 g/mol. The zero-order valence-corrected chi connectivity index (χ0v) is 8.34. The molecule has 0 bridgehead atoms. The summed E-state index contributed by atoms with van der Waals surface area (Å²) in [4.78, 5) is 0. The lowest BCUT2D eigenvalue weighted by Gasteiger charge is -2.23. The first-order valence-corrected chi connectivity index (χ1v) is 4.40. The molecule has 1 unspecified atom stereocenters. The average Bonchev–Trinajstić information content (AvgIpc) is 2.02. The number of rotatable bonds is 2. The number of hydrogen-bond acceptors (Lipinski definition) is 2. The fraction of sp³-hybridized carbons (Fsp3) is 0.364. The van der Waals surface area contributed by atoms with E-state index in [9.17, 15) is 4.39 Å². The SMILES string of the molecule is Cc1cc(F)ccc1C(C)(N)CC#N. The van der Waals surface area contributed by atoms with E-state index < -0.39 is 5.54 Å². The maximum absolute atomic E-state index is 12.8. The van der Waals surface area contributed by atoms with Gasteiger partial charge in [-0.15, -0.1) is 0 Å². The second kappa shape index (κ2) is 3.77. The Labute approximate surface area is 83.2 Å². The van der Waals surface area contributed by atoms with E-state index in [4.69, 9.17) is 11.0 Å². The molecular weight excluding hydrogens is 179 g/mol. The number of aryl methyl sites for hydroxylation is 1. The van der Waals surface area contributed by atoms with Crippen molar-refractivity contribution in [2.75, 3.05) is 0 Å². The van der Waals surface area contributed by atoms with Crippen molar-refractivity contribution < 1.29 is 4.39 Å². The standard InChI is InChI=1S/C11H13FN2/c1-8-7-9(12)3-4-10(8)11(2,14)5-6-13/h3-4,7H,5,14H2,1-2H3. The van der Waals surface area contributed by atoms with Crippen LogP contribution in [-0.4, -0.2) is 0 Å². The van der Waals surface area contributed by atoms with Gasteiger partial charge in [-0.2, -0.15) is 5.26 Å². The zero-order valence-electron chi connectivity index (χ0n) is 8.34. The highest BCUT2D eigenvalue weighted by Crippen LogP contribution is 2.24. The van der Waals surface area contributed by atoms with Gasteiger partial charge in [0, 0.05) is 0 Å². The Hall–Kier alpha value is -1.40. The molecule has 0 amide bonds. The smallest absolute Gasteiger partial charge is 0.123 e. The van der Waals surface area contributed by atoms with Crippen molar-refractivity contribution in [1.29, 1.82) is 5.26 Å². The third-order valence-electron chi connectivity index (χ3n) is 2.25. The minimum atomic E-state index is -0.702. The van der Waals surface area contributed by atoms with Crippen LogP contribution in [0.15, 0.2) is 18.2 Å². The Morgan fingerprint density at radius 2 is 2.21 bits per heavy atom. The van der Waals surface area contributed by atoms with Gasteiger partial charge < -0.3 is 5.73 Å². The molecule has 2 N–H and O–H groups in total. The highest BCUT2D eigenvalue weighted by Gasteiger charge is 2.22. The lowest BCUT2D eigenvalue weighted by atomic mass is 9.87. The van der Waals surface area contributed by atoms with Crippen molar-refractivity contribution in [2.24, 2.45) is 5.73 Å². The van der Waals surface area contributed by atoms with E-state index in [0.29, 0.717) is 0 Å². The Morgan fingerprint density at radius 3 is 2.71 bits per heavy atom. The first kappa shape index (κ1) is 10.7. The lowest BCUT2D eigenvalue weighted by molar-refractivity contribution is 0.502. The molecule has 0 spiro atoms. The molecule has 0 fully saturated rings. The number of nitrogens with two attached hydrogens (primary N) is 1. The summed E-state index contributed by atoms with van der Waals surface area (Å²) in [5, 5.41) is 8.60. The maximum atomic E-state index is 12.8. The molecule has 14 heavy (non-hydrogen) atoms. The summed E-state index contributed by atoms with van der Waals surface area (Å²) in [6.45, 7) is 3.57. The highest BCUT2D eigenvalue weighted by atomic mass is 19.1. The van der Waals surface area contributed by atoms with E-state index in [-0.39, 0.29) is 12.2 Å². The summed E-state index contributed by atoms with van der Waals surface area (Å²) in [7, 11) is 0.